The summed E-state index contributed by atoms with van der Waals surface area (Å²) in [4.78, 5) is 9.49. The van der Waals surface area contributed by atoms with Crippen LogP contribution in [0.4, 0.5) is 8.78 Å². The highest BCUT2D eigenvalue weighted by molar-refractivity contribution is 5.72. The standard InChI is InChI=1S/C4H5F2O2/c1-2(5)3(6)4(7)8/h2-3H,1H2,(H,7,8). The van der Waals surface area contributed by atoms with E-state index in [4.69, 9.17) is 5.11 Å². The molecule has 2 unspecified atom stereocenters. The van der Waals surface area contributed by atoms with Gasteiger partial charge >= 0.3 is 5.97 Å². The van der Waals surface area contributed by atoms with Crippen LogP contribution in [0.2, 0.25) is 0 Å². The van der Waals surface area contributed by atoms with Crippen molar-refractivity contribution >= 4 is 5.97 Å². The van der Waals surface area contributed by atoms with E-state index in [-0.39, 0.29) is 0 Å². The molecule has 4 heteroatoms. The molecular weight excluding hydrogens is 118 g/mol. The minimum atomic E-state index is -2.49. The van der Waals surface area contributed by atoms with Gasteiger partial charge in [0.15, 0.2) is 0 Å². The van der Waals surface area contributed by atoms with Gasteiger partial charge in [0.1, 0.15) is 6.17 Å². The van der Waals surface area contributed by atoms with E-state index in [9.17, 15) is 13.6 Å². The number of carbonyl (C=O) groups is 1. The summed E-state index contributed by atoms with van der Waals surface area (Å²) in [5.41, 5.74) is 0. The lowest BCUT2D eigenvalue weighted by Crippen LogP contribution is -2.23. The summed E-state index contributed by atoms with van der Waals surface area (Å²) >= 11 is 0. The van der Waals surface area contributed by atoms with Crippen LogP contribution in [-0.4, -0.2) is 23.4 Å². The van der Waals surface area contributed by atoms with Crippen LogP contribution in [0.15, 0.2) is 0 Å². The molecule has 0 aliphatic heterocycles. The third-order valence-corrected chi connectivity index (χ3v) is 0.553. The molecule has 0 spiro atoms. The second-order valence-corrected chi connectivity index (χ2v) is 1.26. The van der Waals surface area contributed by atoms with Crippen molar-refractivity contribution in [3.63, 3.8) is 0 Å². The highest BCUT2D eigenvalue weighted by Crippen LogP contribution is 2.00. The predicted octanol–water partition coefficient (Wildman–Crippen LogP) is 0.581. The summed E-state index contributed by atoms with van der Waals surface area (Å²) in [6.07, 6.45) is -4.66. The van der Waals surface area contributed by atoms with Crippen molar-refractivity contribution in [3.05, 3.63) is 6.92 Å². The molecule has 0 heterocycles. The Kier molecular flexibility index (Phi) is 2.37. The molecule has 47 valence electrons. The van der Waals surface area contributed by atoms with Crippen LogP contribution < -0.4 is 0 Å². The largest absolute Gasteiger partial charge is 0.479 e. The molecule has 0 aromatic carbocycles. The molecule has 1 N–H and O–H groups in total. The molecule has 0 aromatic heterocycles. The molecule has 0 bridgehead atoms. The highest BCUT2D eigenvalue weighted by Gasteiger charge is 2.22. The van der Waals surface area contributed by atoms with Crippen LogP contribution in [0.1, 0.15) is 0 Å². The summed E-state index contributed by atoms with van der Waals surface area (Å²) in [5, 5.41) is 7.70. The molecule has 2 atom stereocenters. The SMILES string of the molecule is [CH2]C(F)C(F)C(=O)O. The number of aliphatic carboxylic acids is 1. The zero-order valence-electron chi connectivity index (χ0n) is 3.97. The summed E-state index contributed by atoms with van der Waals surface area (Å²) < 4.78 is 23.1. The maximum Gasteiger partial charge on any atom is 0.341 e. The zero-order chi connectivity index (χ0) is 6.73. The van der Waals surface area contributed by atoms with Gasteiger partial charge in [-0.05, 0) is 6.92 Å². The van der Waals surface area contributed by atoms with Crippen molar-refractivity contribution in [2.75, 3.05) is 0 Å². The Morgan fingerprint density at radius 1 is 1.62 bits per heavy atom. The van der Waals surface area contributed by atoms with Gasteiger partial charge in [0.25, 0.3) is 0 Å². The lowest BCUT2D eigenvalue weighted by atomic mass is 10.3. The van der Waals surface area contributed by atoms with Gasteiger partial charge in [-0.2, -0.15) is 0 Å². The van der Waals surface area contributed by atoms with Gasteiger partial charge in [0.2, 0.25) is 6.17 Å². The van der Waals surface area contributed by atoms with E-state index in [1.54, 1.807) is 0 Å². The third-order valence-electron chi connectivity index (χ3n) is 0.553. The van der Waals surface area contributed by atoms with Crippen LogP contribution in [0.3, 0.4) is 0 Å². The molecule has 2 nitrogen and oxygen atoms in total. The number of hydrogen-bond donors (Lipinski definition) is 1. The number of rotatable bonds is 2. The normalized spacial score (nSPS) is 17.4. The van der Waals surface area contributed by atoms with E-state index in [1.165, 1.54) is 0 Å². The van der Waals surface area contributed by atoms with Crippen LogP contribution in [-0.2, 0) is 4.79 Å². The highest BCUT2D eigenvalue weighted by atomic mass is 19.2. The molecule has 0 rings (SSSR count). The first-order valence-corrected chi connectivity index (χ1v) is 1.89. The minimum Gasteiger partial charge on any atom is -0.479 e. The number of hydrogen-bond acceptors (Lipinski definition) is 1. The van der Waals surface area contributed by atoms with Gasteiger partial charge in [-0.1, -0.05) is 0 Å². The van der Waals surface area contributed by atoms with E-state index >= 15 is 0 Å². The molecule has 0 fully saturated rings. The maximum absolute atomic E-state index is 11.6. The summed E-state index contributed by atoms with van der Waals surface area (Å²) in [6, 6.07) is 0. The monoisotopic (exact) mass is 123 g/mol. The van der Waals surface area contributed by atoms with Gasteiger partial charge in [-0.15, -0.1) is 0 Å². The van der Waals surface area contributed by atoms with E-state index in [2.05, 4.69) is 6.92 Å². The second kappa shape index (κ2) is 2.59. The minimum absolute atomic E-state index is 1.81. The Morgan fingerprint density at radius 3 is 2.00 bits per heavy atom. The maximum atomic E-state index is 11.6. The lowest BCUT2D eigenvalue weighted by Gasteiger charge is -2.00. The van der Waals surface area contributed by atoms with Crippen molar-refractivity contribution in [2.45, 2.75) is 12.3 Å². The third kappa shape index (κ3) is 1.86. The summed E-state index contributed by atoms with van der Waals surface area (Å²) in [7, 11) is 0. The molecule has 1 radical (unpaired) electrons. The Bertz CT molecular complexity index is 92.0. The van der Waals surface area contributed by atoms with Gasteiger partial charge in [-0.3, -0.25) is 0 Å². The lowest BCUT2D eigenvalue weighted by molar-refractivity contribution is -0.144. The second-order valence-electron chi connectivity index (χ2n) is 1.26. The summed E-state index contributed by atoms with van der Waals surface area (Å²) in [6.45, 7) is 2.54. The smallest absolute Gasteiger partial charge is 0.341 e. The van der Waals surface area contributed by atoms with E-state index < -0.39 is 18.3 Å². The fraction of sp³-hybridized carbons (Fsp3) is 0.500. The number of carboxylic acids is 1. The van der Waals surface area contributed by atoms with Crippen LogP contribution in [0, 0.1) is 6.92 Å². The van der Waals surface area contributed by atoms with Crippen molar-refractivity contribution in [1.29, 1.82) is 0 Å². The van der Waals surface area contributed by atoms with Crippen molar-refractivity contribution < 1.29 is 18.7 Å². The number of carboxylic acid groups (broad SMARTS) is 1. The van der Waals surface area contributed by atoms with Crippen molar-refractivity contribution in [3.8, 4) is 0 Å². The van der Waals surface area contributed by atoms with Gasteiger partial charge in [0, 0.05) is 0 Å². The Hall–Kier alpha value is -0.670. The van der Waals surface area contributed by atoms with E-state index in [0.29, 0.717) is 0 Å². The van der Waals surface area contributed by atoms with Gasteiger partial charge in [0.05, 0.1) is 0 Å². The molecule has 0 aromatic rings. The average molecular weight is 123 g/mol. The molecule has 0 saturated heterocycles. The van der Waals surface area contributed by atoms with Crippen molar-refractivity contribution in [1.82, 2.24) is 0 Å². The summed E-state index contributed by atoms with van der Waals surface area (Å²) in [5.74, 6) is -1.81. The molecule has 0 aliphatic rings. The fourth-order valence-corrected chi connectivity index (χ4v) is 0.155. The van der Waals surface area contributed by atoms with Gasteiger partial charge < -0.3 is 5.11 Å². The fourth-order valence-electron chi connectivity index (χ4n) is 0.155. The number of alkyl halides is 2. The van der Waals surface area contributed by atoms with E-state index in [1.807, 2.05) is 0 Å². The Balaban J connectivity index is 3.64. The first-order valence-electron chi connectivity index (χ1n) is 1.89. The molecule has 8 heavy (non-hydrogen) atoms. The topological polar surface area (TPSA) is 37.3 Å². The molecule has 0 saturated carbocycles. The molecule has 0 aliphatic carbocycles. The molecular formula is C4H5F2O2. The van der Waals surface area contributed by atoms with Crippen molar-refractivity contribution in [2.24, 2.45) is 0 Å². The Labute approximate surface area is 45.1 Å². The van der Waals surface area contributed by atoms with Crippen LogP contribution >= 0.6 is 0 Å². The van der Waals surface area contributed by atoms with Gasteiger partial charge in [-0.25, -0.2) is 13.6 Å². The van der Waals surface area contributed by atoms with E-state index in [0.717, 1.165) is 0 Å². The first kappa shape index (κ1) is 7.33. The first-order chi connectivity index (χ1) is 3.55. The zero-order valence-corrected chi connectivity index (χ0v) is 3.97. The Morgan fingerprint density at radius 2 is 2.00 bits per heavy atom. The van der Waals surface area contributed by atoms with Crippen LogP contribution in [0.25, 0.3) is 0 Å². The predicted molar refractivity (Wildman–Crippen MR) is 22.8 cm³/mol. The number of halogens is 2. The average Bonchev–Trinajstić information content (AvgIpc) is 1.64. The molecule has 0 amide bonds. The van der Waals surface area contributed by atoms with Crippen LogP contribution in [0.5, 0.6) is 0 Å². The quantitative estimate of drug-likeness (QED) is 0.583.